The van der Waals surface area contributed by atoms with E-state index >= 15 is 0 Å². The van der Waals surface area contributed by atoms with Gasteiger partial charge in [-0.15, -0.1) is 0 Å². The molecule has 0 aliphatic heterocycles. The summed E-state index contributed by atoms with van der Waals surface area (Å²) in [4.78, 5) is 38.9. The molecule has 9 nitrogen and oxygen atoms in total. The van der Waals surface area contributed by atoms with Gasteiger partial charge in [0.2, 0.25) is 11.9 Å². The molecule has 45 heavy (non-hydrogen) atoms. The number of carbonyl (C=O) groups excluding carboxylic acids is 2. The number of rotatable bonds is 9. The van der Waals surface area contributed by atoms with Gasteiger partial charge in [-0.25, -0.2) is 14.8 Å². The normalized spacial score (nSPS) is 21.4. The topological polar surface area (TPSA) is 96.9 Å². The van der Waals surface area contributed by atoms with Crippen molar-refractivity contribution < 1.29 is 19.1 Å². The van der Waals surface area contributed by atoms with E-state index in [2.05, 4.69) is 46.5 Å². The molecule has 240 valence electrons. The highest BCUT2D eigenvalue weighted by Crippen LogP contribution is 2.39. The van der Waals surface area contributed by atoms with Crippen LogP contribution in [0.3, 0.4) is 0 Å². The van der Waals surface area contributed by atoms with Gasteiger partial charge in [-0.2, -0.15) is 0 Å². The van der Waals surface area contributed by atoms with Gasteiger partial charge in [-0.05, 0) is 105 Å². The molecule has 0 saturated heterocycles. The smallest absolute Gasteiger partial charge is 0.407 e. The largest absolute Gasteiger partial charge is 0.496 e. The Kier molecular flexibility index (Phi) is 10.6. The van der Waals surface area contributed by atoms with E-state index in [1.165, 1.54) is 11.1 Å². The molecule has 3 aromatic rings. The maximum absolute atomic E-state index is 14.3. The van der Waals surface area contributed by atoms with Crippen LogP contribution in [0.15, 0.2) is 54.9 Å². The third-order valence-electron chi connectivity index (χ3n) is 9.47. The minimum atomic E-state index is -0.411. The van der Waals surface area contributed by atoms with E-state index < -0.39 is 6.09 Å². The third kappa shape index (κ3) is 7.93. The molecule has 0 bridgehead atoms. The summed E-state index contributed by atoms with van der Waals surface area (Å²) in [5.74, 6) is 2.60. The molecule has 5 rings (SSSR count). The quantitative estimate of drug-likeness (QED) is 0.285. The van der Waals surface area contributed by atoms with Crippen LogP contribution >= 0.6 is 0 Å². The maximum Gasteiger partial charge on any atom is 0.407 e. The summed E-state index contributed by atoms with van der Waals surface area (Å²) in [6.45, 7) is 2.80. The van der Waals surface area contributed by atoms with Gasteiger partial charge >= 0.3 is 6.09 Å². The highest BCUT2D eigenvalue weighted by Gasteiger charge is 2.33. The van der Waals surface area contributed by atoms with Crippen molar-refractivity contribution in [2.45, 2.75) is 70.3 Å². The molecule has 2 amide bonds. The van der Waals surface area contributed by atoms with Gasteiger partial charge < -0.3 is 24.6 Å². The Morgan fingerprint density at radius 3 is 2.24 bits per heavy atom. The van der Waals surface area contributed by atoms with Gasteiger partial charge in [0, 0.05) is 57.3 Å². The number of ether oxygens (including phenoxy) is 2. The minimum absolute atomic E-state index is 0.0977. The number of hydrogen-bond acceptors (Lipinski definition) is 7. The van der Waals surface area contributed by atoms with Gasteiger partial charge in [0.25, 0.3) is 0 Å². The van der Waals surface area contributed by atoms with E-state index in [9.17, 15) is 9.59 Å². The monoisotopic (exact) mass is 613 g/mol. The summed E-state index contributed by atoms with van der Waals surface area (Å²) < 4.78 is 11.0. The first-order valence-electron chi connectivity index (χ1n) is 16.2. The minimum Gasteiger partial charge on any atom is -0.496 e. The Labute approximate surface area is 267 Å². The molecule has 2 aliphatic carbocycles. The van der Waals surface area contributed by atoms with Crippen molar-refractivity contribution in [3.8, 4) is 16.9 Å². The zero-order valence-corrected chi connectivity index (χ0v) is 27.3. The van der Waals surface area contributed by atoms with Crippen molar-refractivity contribution in [1.29, 1.82) is 0 Å². The molecular weight excluding hydrogens is 566 g/mol. The van der Waals surface area contributed by atoms with Crippen LogP contribution in [-0.4, -0.2) is 62.9 Å². The van der Waals surface area contributed by atoms with Crippen molar-refractivity contribution in [2.75, 3.05) is 44.6 Å². The fraction of sp³-hybridized carbons (Fsp3) is 0.500. The summed E-state index contributed by atoms with van der Waals surface area (Å²) in [5, 5.41) is 2.53. The zero-order valence-electron chi connectivity index (χ0n) is 27.3. The number of nitrogens with zero attached hydrogens (tertiary/aromatic N) is 4. The molecule has 2 saturated carbocycles. The van der Waals surface area contributed by atoms with Crippen LogP contribution in [0.5, 0.6) is 5.75 Å². The van der Waals surface area contributed by atoms with Crippen LogP contribution in [-0.2, 0) is 9.53 Å². The van der Waals surface area contributed by atoms with Crippen molar-refractivity contribution in [3.05, 3.63) is 66.0 Å². The lowest BCUT2D eigenvalue weighted by Crippen LogP contribution is -2.42. The van der Waals surface area contributed by atoms with Crippen LogP contribution in [0.2, 0.25) is 0 Å². The van der Waals surface area contributed by atoms with E-state index in [1.807, 2.05) is 54.5 Å². The lowest BCUT2D eigenvalue weighted by atomic mass is 9.78. The Morgan fingerprint density at radius 1 is 0.911 bits per heavy atom. The highest BCUT2D eigenvalue weighted by atomic mass is 16.6. The predicted octanol–water partition coefficient (Wildman–Crippen LogP) is 6.75. The first-order valence-corrected chi connectivity index (χ1v) is 16.2. The number of benzene rings is 2. The fourth-order valence-electron chi connectivity index (χ4n) is 6.83. The maximum atomic E-state index is 14.3. The van der Waals surface area contributed by atoms with Crippen molar-refractivity contribution in [2.24, 2.45) is 11.8 Å². The van der Waals surface area contributed by atoms with E-state index in [4.69, 9.17) is 9.47 Å². The van der Waals surface area contributed by atoms with Gasteiger partial charge in [0.1, 0.15) is 11.9 Å². The van der Waals surface area contributed by atoms with Gasteiger partial charge in [0.05, 0.1) is 7.11 Å². The number of amides is 2. The summed E-state index contributed by atoms with van der Waals surface area (Å²) in [6, 6.07) is 14.8. The first-order chi connectivity index (χ1) is 21.7. The number of anilines is 2. The SMILES string of the molecule is CNC(=O)O[C@H]1CC[C@H](C(=O)N(C[C@H]2CC[C@H](c3ccc(OC)c(C)c3)CC2)c2cccc(-c3cnc(N(C)C)nc3)c2)CC1. The molecule has 2 fully saturated rings. The van der Waals surface area contributed by atoms with E-state index in [-0.39, 0.29) is 17.9 Å². The van der Waals surface area contributed by atoms with Crippen LogP contribution in [0.1, 0.15) is 68.4 Å². The van der Waals surface area contributed by atoms with Crippen molar-refractivity contribution in [1.82, 2.24) is 15.3 Å². The molecule has 0 atom stereocenters. The molecule has 0 spiro atoms. The molecule has 1 heterocycles. The fourth-order valence-corrected chi connectivity index (χ4v) is 6.83. The van der Waals surface area contributed by atoms with E-state index in [0.717, 1.165) is 48.2 Å². The molecule has 2 aliphatic rings. The predicted molar refractivity (Wildman–Crippen MR) is 178 cm³/mol. The van der Waals surface area contributed by atoms with Gasteiger partial charge in [-0.1, -0.05) is 24.3 Å². The summed E-state index contributed by atoms with van der Waals surface area (Å²) in [7, 11) is 7.12. The second-order valence-electron chi connectivity index (χ2n) is 12.7. The average Bonchev–Trinajstić information content (AvgIpc) is 3.07. The Hall–Kier alpha value is -4.14. The van der Waals surface area contributed by atoms with Gasteiger partial charge in [-0.3, -0.25) is 4.79 Å². The summed E-state index contributed by atoms with van der Waals surface area (Å²) >= 11 is 0. The van der Waals surface area contributed by atoms with Gasteiger partial charge in [0.15, 0.2) is 0 Å². The number of methoxy groups -OCH3 is 1. The third-order valence-corrected chi connectivity index (χ3v) is 9.47. The summed E-state index contributed by atoms with van der Waals surface area (Å²) in [5.41, 5.74) is 5.36. The number of nitrogens with one attached hydrogen (secondary N) is 1. The van der Waals surface area contributed by atoms with Crippen LogP contribution in [0, 0.1) is 18.8 Å². The molecule has 1 N–H and O–H groups in total. The number of carbonyl (C=O) groups is 2. The second kappa shape index (κ2) is 14.8. The van der Waals surface area contributed by atoms with Crippen LogP contribution in [0.4, 0.5) is 16.4 Å². The number of alkyl carbamates (subject to hydrolysis) is 1. The summed E-state index contributed by atoms with van der Waals surface area (Å²) in [6.07, 6.45) is 10.3. The molecule has 0 unspecified atom stereocenters. The average molecular weight is 614 g/mol. The molecule has 0 radical (unpaired) electrons. The Morgan fingerprint density at radius 2 is 1.62 bits per heavy atom. The van der Waals surface area contributed by atoms with E-state index in [1.54, 1.807) is 14.2 Å². The Balaban J connectivity index is 1.32. The standard InChI is InChI=1S/C36H47N5O4/c1-24-19-29(15-18-33(24)44-5)26-11-9-25(10-12-26)23-41(34(42)27-13-16-32(17-14-27)45-36(43)37-2)31-8-6-7-28(20-31)30-21-38-35(39-22-30)40(3)4/h6-8,15,18-22,25-27,32H,9-14,16-17,23H2,1-5H3,(H,37,43)/t25-,26-,27-,32-. The lowest BCUT2D eigenvalue weighted by Gasteiger charge is -2.36. The highest BCUT2D eigenvalue weighted by molar-refractivity contribution is 5.95. The van der Waals surface area contributed by atoms with Crippen LogP contribution in [0.25, 0.3) is 11.1 Å². The van der Waals surface area contributed by atoms with E-state index in [0.29, 0.717) is 50.0 Å². The molecule has 2 aromatic carbocycles. The Bertz CT molecular complexity index is 1440. The van der Waals surface area contributed by atoms with Crippen LogP contribution < -0.4 is 19.9 Å². The zero-order chi connectivity index (χ0) is 31.9. The molecule has 1 aromatic heterocycles. The van der Waals surface area contributed by atoms with Crippen molar-refractivity contribution in [3.63, 3.8) is 0 Å². The van der Waals surface area contributed by atoms with Crippen molar-refractivity contribution >= 4 is 23.6 Å². The molecular formula is C36H47N5O4. The number of hydrogen-bond donors (Lipinski definition) is 1. The number of aromatic nitrogens is 2. The lowest BCUT2D eigenvalue weighted by molar-refractivity contribution is -0.124. The second-order valence-corrected chi connectivity index (χ2v) is 12.7. The number of aryl methyl sites for hydroxylation is 1. The molecule has 9 heteroatoms. The first kappa shape index (κ1) is 32.3.